The molecule has 1 saturated heterocycles. The maximum Gasteiger partial charge on any atom is 0.174 e. The molecule has 0 bridgehead atoms. The first kappa shape index (κ1) is 25.2. The number of nitrogens with zero attached hydrogens (tertiary/aromatic N) is 2. The van der Waals surface area contributed by atoms with Gasteiger partial charge >= 0.3 is 0 Å². The molecule has 1 fully saturated rings. The molecular formula is C32H27N3O2S2. The highest BCUT2D eigenvalue weighted by atomic mass is 32.2. The summed E-state index contributed by atoms with van der Waals surface area (Å²) >= 11 is 7.47. The lowest BCUT2D eigenvalue weighted by Gasteiger charge is -2.26. The number of hydrogen-bond acceptors (Lipinski definition) is 5. The molecule has 3 aromatic carbocycles. The predicted molar refractivity (Wildman–Crippen MR) is 160 cm³/mol. The molecule has 0 amide bonds. The van der Waals surface area contributed by atoms with Gasteiger partial charge in [-0.3, -0.25) is 4.98 Å². The lowest BCUT2D eigenvalue weighted by molar-refractivity contribution is 0.383. The van der Waals surface area contributed by atoms with Gasteiger partial charge in [0.05, 0.1) is 11.7 Å². The van der Waals surface area contributed by atoms with Crippen molar-refractivity contribution < 1.29 is 9.15 Å². The molecule has 39 heavy (non-hydrogen) atoms. The van der Waals surface area contributed by atoms with Crippen molar-refractivity contribution in [3.63, 3.8) is 0 Å². The molecule has 0 unspecified atom stereocenters. The standard InChI is InChI=1S/C32H27N3O2S2/c1-21-10-16-25(17-11-21)39-29-19-18-28(37-29)31-30(26-8-5-6-20-33-26)34-32(38)35(31)23-12-14-24(15-13-23)36-27-9-4-3-7-22(27)2/h3-20,30-31H,1-2H3,(H,34,38)/t30-,31-/m1/s1. The number of anilines is 1. The topological polar surface area (TPSA) is 50.5 Å². The number of aromatic nitrogens is 1. The summed E-state index contributed by atoms with van der Waals surface area (Å²) in [6.07, 6.45) is 1.80. The second-order valence-corrected chi connectivity index (χ2v) is 10.9. The van der Waals surface area contributed by atoms with E-state index in [1.807, 2.05) is 85.8 Å². The molecule has 1 aliphatic heterocycles. The van der Waals surface area contributed by atoms with Gasteiger partial charge in [-0.15, -0.1) is 0 Å². The highest BCUT2D eigenvalue weighted by molar-refractivity contribution is 7.99. The number of thiocarbonyl (C=S) groups is 1. The van der Waals surface area contributed by atoms with E-state index in [4.69, 9.17) is 21.4 Å². The molecule has 2 atom stereocenters. The first-order valence-corrected chi connectivity index (χ1v) is 14.0. The highest BCUT2D eigenvalue weighted by Gasteiger charge is 2.42. The molecule has 0 spiro atoms. The van der Waals surface area contributed by atoms with Crippen molar-refractivity contribution >= 4 is 34.8 Å². The molecule has 0 aliphatic carbocycles. The number of para-hydroxylation sites is 1. The fourth-order valence-electron chi connectivity index (χ4n) is 4.67. The van der Waals surface area contributed by atoms with E-state index in [9.17, 15) is 0 Å². The summed E-state index contributed by atoms with van der Waals surface area (Å²) in [6, 6.07) is 34.0. The number of benzene rings is 3. The van der Waals surface area contributed by atoms with Crippen LogP contribution in [0.2, 0.25) is 0 Å². The highest BCUT2D eigenvalue weighted by Crippen LogP contribution is 2.44. The van der Waals surface area contributed by atoms with Crippen molar-refractivity contribution in [2.24, 2.45) is 0 Å². The Hall–Kier alpha value is -4.07. The first-order valence-electron chi connectivity index (χ1n) is 12.7. The van der Waals surface area contributed by atoms with Gasteiger partial charge in [-0.1, -0.05) is 53.7 Å². The number of aryl methyl sites for hydroxylation is 2. The van der Waals surface area contributed by atoms with Crippen molar-refractivity contribution in [1.82, 2.24) is 10.3 Å². The SMILES string of the molecule is Cc1ccc(Sc2ccc([C@@H]3[C@@H](c4ccccn4)NC(=S)N3c3ccc(Oc4ccccc4C)cc3)o2)cc1. The largest absolute Gasteiger partial charge is 0.457 e. The number of nitrogens with one attached hydrogen (secondary N) is 1. The first-order chi connectivity index (χ1) is 19.0. The van der Waals surface area contributed by atoms with Crippen molar-refractivity contribution in [3.05, 3.63) is 132 Å². The Kier molecular flexibility index (Phi) is 7.09. The fourth-order valence-corrected chi connectivity index (χ4v) is 5.79. The van der Waals surface area contributed by atoms with Gasteiger partial charge < -0.3 is 19.4 Å². The molecule has 6 rings (SSSR count). The summed E-state index contributed by atoms with van der Waals surface area (Å²) < 4.78 is 12.6. The van der Waals surface area contributed by atoms with Gasteiger partial charge in [-0.2, -0.15) is 0 Å². The van der Waals surface area contributed by atoms with Crippen molar-refractivity contribution in [1.29, 1.82) is 0 Å². The molecule has 3 heterocycles. The zero-order valence-electron chi connectivity index (χ0n) is 21.6. The van der Waals surface area contributed by atoms with Crippen LogP contribution in [0.3, 0.4) is 0 Å². The summed E-state index contributed by atoms with van der Waals surface area (Å²) in [5, 5.41) is 4.94. The van der Waals surface area contributed by atoms with Gasteiger partial charge in [0.2, 0.25) is 0 Å². The number of furan rings is 1. The predicted octanol–water partition coefficient (Wildman–Crippen LogP) is 8.41. The van der Waals surface area contributed by atoms with E-state index in [0.29, 0.717) is 5.11 Å². The summed E-state index contributed by atoms with van der Waals surface area (Å²) in [5.41, 5.74) is 4.16. The molecule has 7 heteroatoms. The maximum absolute atomic E-state index is 6.44. The van der Waals surface area contributed by atoms with E-state index in [2.05, 4.69) is 46.4 Å². The van der Waals surface area contributed by atoms with E-state index in [-0.39, 0.29) is 12.1 Å². The summed E-state index contributed by atoms with van der Waals surface area (Å²) in [4.78, 5) is 7.87. The zero-order valence-corrected chi connectivity index (χ0v) is 23.2. The number of ether oxygens (including phenoxy) is 1. The molecule has 2 aromatic heterocycles. The fraction of sp³-hybridized carbons (Fsp3) is 0.125. The van der Waals surface area contributed by atoms with Gasteiger partial charge in [0.1, 0.15) is 23.3 Å². The lowest BCUT2D eigenvalue weighted by atomic mass is 10.0. The Morgan fingerprint density at radius 3 is 2.38 bits per heavy atom. The normalized spacial score (nSPS) is 16.8. The van der Waals surface area contributed by atoms with Crippen molar-refractivity contribution in [2.75, 3.05) is 4.90 Å². The molecule has 5 aromatic rings. The van der Waals surface area contributed by atoms with Gasteiger partial charge in [0, 0.05) is 16.8 Å². The van der Waals surface area contributed by atoms with E-state index in [1.54, 1.807) is 18.0 Å². The van der Waals surface area contributed by atoms with Crippen LogP contribution in [0.4, 0.5) is 5.69 Å². The van der Waals surface area contributed by atoms with E-state index in [0.717, 1.165) is 44.2 Å². The Balaban J connectivity index is 1.31. The Morgan fingerprint density at radius 2 is 1.64 bits per heavy atom. The van der Waals surface area contributed by atoms with Crippen molar-refractivity contribution in [3.8, 4) is 11.5 Å². The molecule has 5 nitrogen and oxygen atoms in total. The van der Waals surface area contributed by atoms with Crippen LogP contribution in [0.1, 0.15) is 34.7 Å². The quantitative estimate of drug-likeness (QED) is 0.205. The number of pyridine rings is 1. The molecule has 194 valence electrons. The van der Waals surface area contributed by atoms with Crippen LogP contribution in [0.25, 0.3) is 0 Å². The van der Waals surface area contributed by atoms with Crippen LogP contribution < -0.4 is 15.0 Å². The summed E-state index contributed by atoms with van der Waals surface area (Å²) in [5.74, 6) is 2.41. The number of rotatable bonds is 7. The Bertz CT molecular complexity index is 1580. The molecule has 0 saturated carbocycles. The van der Waals surface area contributed by atoms with Crippen LogP contribution in [0.5, 0.6) is 11.5 Å². The Morgan fingerprint density at radius 1 is 0.872 bits per heavy atom. The summed E-state index contributed by atoms with van der Waals surface area (Å²) in [6.45, 7) is 4.12. The van der Waals surface area contributed by atoms with E-state index < -0.39 is 0 Å². The van der Waals surface area contributed by atoms with Gasteiger partial charge in [0.25, 0.3) is 0 Å². The van der Waals surface area contributed by atoms with Crippen molar-refractivity contribution in [2.45, 2.75) is 35.9 Å². The van der Waals surface area contributed by atoms with Gasteiger partial charge in [-0.05, 0) is 98.4 Å². The molecule has 1 aliphatic rings. The van der Waals surface area contributed by atoms with Gasteiger partial charge in [-0.25, -0.2) is 0 Å². The third-order valence-electron chi connectivity index (χ3n) is 6.67. The minimum atomic E-state index is -0.220. The minimum absolute atomic E-state index is 0.176. The zero-order chi connectivity index (χ0) is 26.8. The van der Waals surface area contributed by atoms with Crippen LogP contribution in [0, 0.1) is 13.8 Å². The smallest absolute Gasteiger partial charge is 0.174 e. The maximum atomic E-state index is 6.44. The third kappa shape index (κ3) is 5.41. The third-order valence-corrected chi connectivity index (χ3v) is 7.91. The Labute approximate surface area is 237 Å². The van der Waals surface area contributed by atoms with Crippen LogP contribution in [-0.2, 0) is 0 Å². The van der Waals surface area contributed by atoms with Gasteiger partial charge in [0.15, 0.2) is 10.2 Å². The average Bonchev–Trinajstić information content (AvgIpc) is 3.56. The monoisotopic (exact) mass is 549 g/mol. The minimum Gasteiger partial charge on any atom is -0.457 e. The second kappa shape index (κ2) is 11.0. The van der Waals surface area contributed by atoms with E-state index >= 15 is 0 Å². The lowest BCUT2D eigenvalue weighted by Crippen LogP contribution is -2.29. The molecular weight excluding hydrogens is 523 g/mol. The molecule has 1 N–H and O–H groups in total. The van der Waals surface area contributed by atoms with Crippen LogP contribution in [0.15, 0.2) is 124 Å². The number of hydrogen-bond donors (Lipinski definition) is 1. The second-order valence-electron chi connectivity index (χ2n) is 9.43. The summed E-state index contributed by atoms with van der Waals surface area (Å²) in [7, 11) is 0. The van der Waals surface area contributed by atoms with E-state index in [1.165, 1.54) is 5.56 Å². The van der Waals surface area contributed by atoms with Crippen LogP contribution in [-0.4, -0.2) is 10.1 Å². The van der Waals surface area contributed by atoms with Crippen LogP contribution >= 0.6 is 24.0 Å². The molecule has 0 radical (unpaired) electrons. The average molecular weight is 550 g/mol.